The summed E-state index contributed by atoms with van der Waals surface area (Å²) < 4.78 is 15.8. The molecular weight excluding hydrogens is 362 g/mol. The van der Waals surface area contributed by atoms with E-state index in [2.05, 4.69) is 0 Å². The lowest BCUT2D eigenvalue weighted by Gasteiger charge is -2.51. The number of fused-ring (bicyclic) bond motifs is 1. The Morgan fingerprint density at radius 3 is 2.71 bits per heavy atom. The maximum absolute atomic E-state index is 12.8. The number of hydrogen-bond donors (Lipinski definition) is 1. The molecule has 154 valence electrons. The fraction of sp³-hybridized carbons (Fsp3) is 0.667. The lowest BCUT2D eigenvalue weighted by molar-refractivity contribution is -0.167. The number of nitrogens with two attached hydrogens (primary N) is 1. The summed E-state index contributed by atoms with van der Waals surface area (Å²) in [6.07, 6.45) is 5.20. The molecule has 0 amide bonds. The summed E-state index contributed by atoms with van der Waals surface area (Å²) in [6.45, 7) is 3.89. The van der Waals surface area contributed by atoms with E-state index in [1.165, 1.54) is 7.11 Å². The Kier molecular flexibility index (Phi) is 5.93. The van der Waals surface area contributed by atoms with E-state index in [-0.39, 0.29) is 29.7 Å². The third-order valence-corrected chi connectivity index (χ3v) is 6.71. The van der Waals surface area contributed by atoms with Crippen molar-refractivity contribution in [2.45, 2.75) is 58.1 Å². The standard InChI is InChI=1S/C21H29NO6/c1-4-17(13-6-8-27-11-13)28-19(24)12-5-7-21(2)14(9-12)18(23)16(22)10-15(21)20(25)26-3/h6,8,11-12,14-17H,4-5,7,9-10,22H2,1-3H3/t12?,14?,15-,16+,17-,21+/m0/s1. The van der Waals surface area contributed by atoms with Crippen LogP contribution < -0.4 is 5.73 Å². The molecule has 3 rings (SSSR count). The Bertz CT molecular complexity index is 729. The summed E-state index contributed by atoms with van der Waals surface area (Å²) in [5.41, 5.74) is 6.31. The van der Waals surface area contributed by atoms with Crippen LogP contribution in [0.5, 0.6) is 0 Å². The summed E-state index contributed by atoms with van der Waals surface area (Å²) >= 11 is 0. The largest absolute Gasteiger partial charge is 0.472 e. The van der Waals surface area contributed by atoms with Crippen molar-refractivity contribution < 1.29 is 28.3 Å². The molecule has 0 saturated heterocycles. The average molecular weight is 391 g/mol. The van der Waals surface area contributed by atoms with Gasteiger partial charge < -0.3 is 19.6 Å². The molecular formula is C21H29NO6. The summed E-state index contributed by atoms with van der Waals surface area (Å²) in [6, 6.07) is 1.08. The van der Waals surface area contributed by atoms with Gasteiger partial charge in [0, 0.05) is 11.5 Å². The van der Waals surface area contributed by atoms with Crippen molar-refractivity contribution in [3.63, 3.8) is 0 Å². The van der Waals surface area contributed by atoms with Crippen molar-refractivity contribution >= 4 is 17.7 Å². The molecule has 2 unspecified atom stereocenters. The minimum Gasteiger partial charge on any atom is -0.472 e. The van der Waals surface area contributed by atoms with Gasteiger partial charge in [0.2, 0.25) is 0 Å². The number of methoxy groups -OCH3 is 1. The molecule has 2 fully saturated rings. The highest BCUT2D eigenvalue weighted by Gasteiger charge is 2.56. The van der Waals surface area contributed by atoms with Crippen LogP contribution in [0.1, 0.15) is 57.6 Å². The molecule has 1 heterocycles. The van der Waals surface area contributed by atoms with E-state index in [4.69, 9.17) is 19.6 Å². The molecule has 2 saturated carbocycles. The van der Waals surface area contributed by atoms with Gasteiger partial charge in [0.05, 0.1) is 37.5 Å². The van der Waals surface area contributed by atoms with Gasteiger partial charge in [-0.3, -0.25) is 14.4 Å². The molecule has 28 heavy (non-hydrogen) atoms. The van der Waals surface area contributed by atoms with Gasteiger partial charge in [-0.2, -0.15) is 0 Å². The maximum atomic E-state index is 12.8. The van der Waals surface area contributed by atoms with Gasteiger partial charge in [-0.1, -0.05) is 13.8 Å². The van der Waals surface area contributed by atoms with Crippen molar-refractivity contribution in [3.8, 4) is 0 Å². The number of hydrogen-bond acceptors (Lipinski definition) is 7. The highest BCUT2D eigenvalue weighted by Crippen LogP contribution is 2.53. The molecule has 7 nitrogen and oxygen atoms in total. The lowest BCUT2D eigenvalue weighted by atomic mass is 9.52. The Labute approximate surface area is 164 Å². The number of carbonyl (C=O) groups is 3. The average Bonchev–Trinajstić information content (AvgIpc) is 3.22. The molecule has 2 aliphatic carbocycles. The Morgan fingerprint density at radius 1 is 1.36 bits per heavy atom. The zero-order valence-corrected chi connectivity index (χ0v) is 16.7. The van der Waals surface area contributed by atoms with Crippen LogP contribution in [0.3, 0.4) is 0 Å². The van der Waals surface area contributed by atoms with E-state index in [9.17, 15) is 14.4 Å². The molecule has 0 aliphatic heterocycles. The maximum Gasteiger partial charge on any atom is 0.309 e. The summed E-state index contributed by atoms with van der Waals surface area (Å²) in [4.78, 5) is 37.9. The first-order valence-electron chi connectivity index (χ1n) is 9.91. The number of furan rings is 1. The molecule has 0 radical (unpaired) electrons. The Morgan fingerprint density at radius 2 is 2.11 bits per heavy atom. The molecule has 1 aromatic rings. The number of carbonyl (C=O) groups excluding carboxylic acids is 3. The summed E-state index contributed by atoms with van der Waals surface area (Å²) in [5, 5.41) is 0. The number of Topliss-reactive ketones (excluding diaryl/α,β-unsaturated/α-hetero) is 1. The zero-order chi connectivity index (χ0) is 20.5. The Balaban J connectivity index is 1.75. The van der Waals surface area contributed by atoms with E-state index < -0.39 is 23.3 Å². The normalized spacial score (nSPS) is 33.6. The Hall–Kier alpha value is -2.15. The monoisotopic (exact) mass is 391 g/mol. The predicted octanol–water partition coefficient (Wildman–Crippen LogP) is 2.79. The van der Waals surface area contributed by atoms with E-state index in [0.29, 0.717) is 32.1 Å². The molecule has 2 N–H and O–H groups in total. The first kappa shape index (κ1) is 20.6. The second kappa shape index (κ2) is 8.07. The van der Waals surface area contributed by atoms with Crippen LogP contribution in [0.4, 0.5) is 0 Å². The quantitative estimate of drug-likeness (QED) is 0.769. The van der Waals surface area contributed by atoms with Crippen LogP contribution in [-0.4, -0.2) is 30.9 Å². The lowest BCUT2D eigenvalue weighted by Crippen LogP contribution is -2.57. The second-order valence-corrected chi connectivity index (χ2v) is 8.24. The fourth-order valence-corrected chi connectivity index (χ4v) is 4.89. The topological polar surface area (TPSA) is 109 Å². The smallest absolute Gasteiger partial charge is 0.309 e. The van der Waals surface area contributed by atoms with E-state index >= 15 is 0 Å². The first-order chi connectivity index (χ1) is 13.3. The summed E-state index contributed by atoms with van der Waals surface area (Å²) in [5.74, 6) is -1.96. The minimum absolute atomic E-state index is 0.0676. The molecule has 6 atom stereocenters. The summed E-state index contributed by atoms with van der Waals surface area (Å²) in [7, 11) is 1.35. The predicted molar refractivity (Wildman–Crippen MR) is 99.9 cm³/mol. The number of ketones is 1. The van der Waals surface area contributed by atoms with Crippen LogP contribution in [0, 0.1) is 23.2 Å². The van der Waals surface area contributed by atoms with Crippen LogP contribution in [0.15, 0.2) is 23.0 Å². The van der Waals surface area contributed by atoms with Gasteiger partial charge in [0.15, 0.2) is 5.78 Å². The van der Waals surface area contributed by atoms with Crippen LogP contribution >= 0.6 is 0 Å². The van der Waals surface area contributed by atoms with Gasteiger partial charge in [0.1, 0.15) is 6.10 Å². The highest BCUT2D eigenvalue weighted by atomic mass is 16.5. The van der Waals surface area contributed by atoms with E-state index in [1.54, 1.807) is 18.6 Å². The SMILES string of the molecule is CC[C@H](OC(=O)C1CC[C@]2(C)C(C1)C(=O)[C@H](N)C[C@H]2C(=O)OC)c1ccoc1. The molecule has 0 aromatic carbocycles. The number of esters is 2. The molecule has 1 aromatic heterocycles. The third kappa shape index (κ3) is 3.60. The fourth-order valence-electron chi connectivity index (χ4n) is 4.89. The van der Waals surface area contributed by atoms with Gasteiger partial charge >= 0.3 is 11.9 Å². The van der Waals surface area contributed by atoms with Crippen LogP contribution in [0.25, 0.3) is 0 Å². The van der Waals surface area contributed by atoms with Crippen molar-refractivity contribution in [3.05, 3.63) is 24.2 Å². The van der Waals surface area contributed by atoms with Crippen molar-refractivity contribution in [2.75, 3.05) is 7.11 Å². The number of ether oxygens (including phenoxy) is 2. The molecule has 0 spiro atoms. The van der Waals surface area contributed by atoms with E-state index in [1.807, 2.05) is 13.8 Å². The van der Waals surface area contributed by atoms with Gasteiger partial charge in [0.25, 0.3) is 0 Å². The zero-order valence-electron chi connectivity index (χ0n) is 16.7. The van der Waals surface area contributed by atoms with Crippen LogP contribution in [0.2, 0.25) is 0 Å². The van der Waals surface area contributed by atoms with Gasteiger partial charge in [-0.25, -0.2) is 0 Å². The van der Waals surface area contributed by atoms with Gasteiger partial charge in [-0.05, 0) is 43.6 Å². The van der Waals surface area contributed by atoms with E-state index in [0.717, 1.165) is 5.56 Å². The third-order valence-electron chi connectivity index (χ3n) is 6.71. The molecule has 7 heteroatoms. The highest BCUT2D eigenvalue weighted by molar-refractivity contribution is 5.91. The first-order valence-corrected chi connectivity index (χ1v) is 9.91. The second-order valence-electron chi connectivity index (χ2n) is 8.24. The molecule has 0 bridgehead atoms. The molecule has 2 aliphatic rings. The van der Waals surface area contributed by atoms with Crippen molar-refractivity contribution in [2.24, 2.45) is 28.9 Å². The van der Waals surface area contributed by atoms with Gasteiger partial charge in [-0.15, -0.1) is 0 Å². The van der Waals surface area contributed by atoms with Crippen molar-refractivity contribution in [1.82, 2.24) is 0 Å². The minimum atomic E-state index is -0.703. The number of rotatable bonds is 5. The van der Waals surface area contributed by atoms with Crippen LogP contribution in [-0.2, 0) is 23.9 Å². The van der Waals surface area contributed by atoms with Crippen molar-refractivity contribution in [1.29, 1.82) is 0 Å².